The molecule has 2 heterocycles. The van der Waals surface area contributed by atoms with Gasteiger partial charge in [0.1, 0.15) is 5.82 Å². The largest absolute Gasteiger partial charge is 0.464 e. The number of carbonyl (C=O) groups excluding carboxylic acids is 1. The Hall–Kier alpha value is -2.02. The zero-order chi connectivity index (χ0) is 13.0. The summed E-state index contributed by atoms with van der Waals surface area (Å²) in [5, 5.41) is 1.97. The Labute approximate surface area is 108 Å². The summed E-state index contributed by atoms with van der Waals surface area (Å²) in [7, 11) is 3.18. The highest BCUT2D eigenvalue weighted by molar-refractivity contribution is 7.07. The SMILES string of the molecule is COC(=O)c1cncc(N(C)Cc2cscn2)n1. The average molecular weight is 264 g/mol. The Morgan fingerprint density at radius 1 is 1.50 bits per heavy atom. The molecule has 0 aliphatic heterocycles. The molecule has 0 radical (unpaired) electrons. The van der Waals surface area contributed by atoms with E-state index in [-0.39, 0.29) is 5.69 Å². The molecule has 0 spiro atoms. The lowest BCUT2D eigenvalue weighted by Gasteiger charge is -2.16. The van der Waals surface area contributed by atoms with Crippen LogP contribution in [0.15, 0.2) is 23.3 Å². The number of nitrogens with zero attached hydrogens (tertiary/aromatic N) is 4. The second-order valence-corrected chi connectivity index (χ2v) is 4.31. The molecule has 0 saturated carbocycles. The van der Waals surface area contributed by atoms with Gasteiger partial charge in [-0.05, 0) is 0 Å². The van der Waals surface area contributed by atoms with E-state index in [9.17, 15) is 4.79 Å². The Morgan fingerprint density at radius 3 is 3.00 bits per heavy atom. The van der Waals surface area contributed by atoms with Gasteiger partial charge in [0, 0.05) is 12.4 Å². The van der Waals surface area contributed by atoms with Crippen LogP contribution in [0.25, 0.3) is 0 Å². The molecule has 2 aromatic rings. The minimum atomic E-state index is -0.494. The van der Waals surface area contributed by atoms with E-state index in [2.05, 4.69) is 19.7 Å². The van der Waals surface area contributed by atoms with Crippen molar-refractivity contribution >= 4 is 23.1 Å². The lowest BCUT2D eigenvalue weighted by atomic mass is 10.4. The molecule has 0 bridgehead atoms. The van der Waals surface area contributed by atoms with Crippen molar-refractivity contribution in [2.75, 3.05) is 19.1 Å². The van der Waals surface area contributed by atoms with Gasteiger partial charge in [-0.3, -0.25) is 4.98 Å². The summed E-state index contributed by atoms with van der Waals surface area (Å²) >= 11 is 1.54. The third-order valence-electron chi connectivity index (χ3n) is 2.29. The molecule has 0 amide bonds. The number of ether oxygens (including phenoxy) is 1. The maximum absolute atomic E-state index is 11.4. The Balaban J connectivity index is 2.15. The first-order valence-corrected chi connectivity index (χ1v) is 6.13. The molecule has 0 aliphatic carbocycles. The zero-order valence-corrected chi connectivity index (χ0v) is 10.8. The van der Waals surface area contributed by atoms with Crippen molar-refractivity contribution in [3.63, 3.8) is 0 Å². The van der Waals surface area contributed by atoms with Crippen LogP contribution < -0.4 is 4.90 Å². The van der Waals surface area contributed by atoms with Gasteiger partial charge in [-0.15, -0.1) is 11.3 Å². The van der Waals surface area contributed by atoms with Crippen LogP contribution in [0.5, 0.6) is 0 Å². The Morgan fingerprint density at radius 2 is 2.33 bits per heavy atom. The van der Waals surface area contributed by atoms with Crippen LogP contribution in [0.3, 0.4) is 0 Å². The summed E-state index contributed by atoms with van der Waals surface area (Å²) in [6.45, 7) is 0.614. The minimum absolute atomic E-state index is 0.195. The number of carbonyl (C=O) groups is 1. The second kappa shape index (κ2) is 5.54. The van der Waals surface area contributed by atoms with Crippen molar-refractivity contribution in [2.45, 2.75) is 6.54 Å². The van der Waals surface area contributed by atoms with E-state index in [0.29, 0.717) is 12.4 Å². The number of methoxy groups -OCH3 is 1. The van der Waals surface area contributed by atoms with Crippen LogP contribution in [0.1, 0.15) is 16.2 Å². The van der Waals surface area contributed by atoms with Gasteiger partial charge in [-0.2, -0.15) is 0 Å². The number of anilines is 1. The van der Waals surface area contributed by atoms with Crippen molar-refractivity contribution < 1.29 is 9.53 Å². The molecular weight excluding hydrogens is 252 g/mol. The maximum Gasteiger partial charge on any atom is 0.358 e. The van der Waals surface area contributed by atoms with Crippen molar-refractivity contribution in [1.29, 1.82) is 0 Å². The van der Waals surface area contributed by atoms with E-state index >= 15 is 0 Å². The van der Waals surface area contributed by atoms with Gasteiger partial charge < -0.3 is 9.64 Å². The first kappa shape index (κ1) is 12.4. The molecule has 94 valence electrons. The predicted molar refractivity (Wildman–Crippen MR) is 67.6 cm³/mol. The molecule has 2 rings (SSSR count). The zero-order valence-electron chi connectivity index (χ0n) is 10.0. The van der Waals surface area contributed by atoms with Crippen LogP contribution in [0.4, 0.5) is 5.82 Å². The Bertz CT molecular complexity index is 530. The van der Waals surface area contributed by atoms with Crippen molar-refractivity contribution in [3.05, 3.63) is 34.7 Å². The fraction of sp³-hybridized carbons (Fsp3) is 0.273. The number of aromatic nitrogens is 3. The average Bonchev–Trinajstić information content (AvgIpc) is 2.90. The van der Waals surface area contributed by atoms with Crippen LogP contribution in [-0.4, -0.2) is 35.1 Å². The molecule has 0 aromatic carbocycles. The number of rotatable bonds is 4. The summed E-state index contributed by atoms with van der Waals surface area (Å²) in [4.78, 5) is 25.6. The van der Waals surface area contributed by atoms with Gasteiger partial charge in [0.15, 0.2) is 5.69 Å². The van der Waals surface area contributed by atoms with Gasteiger partial charge in [0.25, 0.3) is 0 Å². The van der Waals surface area contributed by atoms with Crippen LogP contribution in [0.2, 0.25) is 0 Å². The third kappa shape index (κ3) is 2.80. The Kier molecular flexibility index (Phi) is 3.83. The van der Waals surface area contributed by atoms with E-state index in [1.165, 1.54) is 13.3 Å². The molecule has 0 aliphatic rings. The molecule has 7 heteroatoms. The third-order valence-corrected chi connectivity index (χ3v) is 2.93. The second-order valence-electron chi connectivity index (χ2n) is 3.59. The highest BCUT2D eigenvalue weighted by Crippen LogP contribution is 2.12. The lowest BCUT2D eigenvalue weighted by Crippen LogP contribution is -2.19. The molecule has 18 heavy (non-hydrogen) atoms. The van der Waals surface area contributed by atoms with Crippen molar-refractivity contribution in [3.8, 4) is 0 Å². The van der Waals surface area contributed by atoms with Gasteiger partial charge in [0.2, 0.25) is 0 Å². The minimum Gasteiger partial charge on any atom is -0.464 e. The molecule has 0 N–H and O–H groups in total. The summed E-state index contributed by atoms with van der Waals surface area (Å²) in [6.07, 6.45) is 2.98. The smallest absolute Gasteiger partial charge is 0.358 e. The van der Waals surface area contributed by atoms with E-state index in [1.54, 1.807) is 23.0 Å². The number of esters is 1. The standard InChI is InChI=1S/C11H12N4O2S/c1-15(5-8-6-18-7-13-8)10-4-12-3-9(14-10)11(16)17-2/h3-4,6-7H,5H2,1-2H3. The van der Waals surface area contributed by atoms with Crippen molar-refractivity contribution in [1.82, 2.24) is 15.0 Å². The normalized spacial score (nSPS) is 10.1. The predicted octanol–water partition coefficient (Wildman–Crippen LogP) is 1.36. The number of hydrogen-bond acceptors (Lipinski definition) is 7. The molecule has 0 saturated heterocycles. The summed E-state index contributed by atoms with van der Waals surface area (Å²) in [5.74, 6) is 0.109. The fourth-order valence-electron chi connectivity index (χ4n) is 1.38. The van der Waals surface area contributed by atoms with Gasteiger partial charge in [-0.25, -0.2) is 14.8 Å². The van der Waals surface area contributed by atoms with Gasteiger partial charge in [0.05, 0.1) is 37.3 Å². The van der Waals surface area contributed by atoms with Gasteiger partial charge in [-0.1, -0.05) is 0 Å². The van der Waals surface area contributed by atoms with Gasteiger partial charge >= 0.3 is 5.97 Å². The fourth-order valence-corrected chi connectivity index (χ4v) is 1.93. The molecule has 0 unspecified atom stereocenters. The summed E-state index contributed by atoms with van der Waals surface area (Å²) in [5.41, 5.74) is 2.92. The van der Waals surface area contributed by atoms with E-state index in [4.69, 9.17) is 0 Å². The highest BCUT2D eigenvalue weighted by atomic mass is 32.1. The van der Waals surface area contributed by atoms with E-state index < -0.39 is 5.97 Å². The maximum atomic E-state index is 11.4. The quantitative estimate of drug-likeness (QED) is 0.777. The first-order valence-electron chi connectivity index (χ1n) is 5.19. The number of thiazole rings is 1. The lowest BCUT2D eigenvalue weighted by molar-refractivity contribution is 0.0593. The molecule has 0 fully saturated rings. The van der Waals surface area contributed by atoms with Crippen LogP contribution in [-0.2, 0) is 11.3 Å². The van der Waals surface area contributed by atoms with Crippen molar-refractivity contribution in [2.24, 2.45) is 0 Å². The van der Waals surface area contributed by atoms with E-state index in [1.807, 2.05) is 17.3 Å². The first-order chi connectivity index (χ1) is 8.70. The molecular formula is C11H12N4O2S. The monoisotopic (exact) mass is 264 g/mol. The van der Waals surface area contributed by atoms with E-state index in [0.717, 1.165) is 5.69 Å². The molecule has 6 nitrogen and oxygen atoms in total. The molecule has 0 atom stereocenters. The number of hydrogen-bond donors (Lipinski definition) is 0. The highest BCUT2D eigenvalue weighted by Gasteiger charge is 2.11. The summed E-state index contributed by atoms with van der Waals surface area (Å²) in [6, 6.07) is 0. The topological polar surface area (TPSA) is 68.2 Å². The summed E-state index contributed by atoms with van der Waals surface area (Å²) < 4.78 is 4.61. The molecule has 2 aromatic heterocycles. The van der Waals surface area contributed by atoms with Crippen LogP contribution in [0, 0.1) is 0 Å². The van der Waals surface area contributed by atoms with Crippen LogP contribution >= 0.6 is 11.3 Å².